The van der Waals surface area contributed by atoms with Gasteiger partial charge in [-0.15, -0.1) is 47.0 Å². The highest BCUT2D eigenvalue weighted by molar-refractivity contribution is 8.47. The Balaban J connectivity index is 2.30. The summed E-state index contributed by atoms with van der Waals surface area (Å²) in [4.78, 5) is 0. The number of thioether (sulfide) groups is 4. The minimum atomic E-state index is 0.966. The maximum atomic E-state index is 5.36. The van der Waals surface area contributed by atoms with Crippen LogP contribution >= 0.6 is 71.5 Å². The van der Waals surface area contributed by atoms with E-state index in [4.69, 9.17) is 24.4 Å². The molecule has 0 heterocycles. The molecule has 0 radical (unpaired) electrons. The first kappa shape index (κ1) is 20.8. The third-order valence-corrected chi connectivity index (χ3v) is 8.54. The summed E-state index contributed by atoms with van der Waals surface area (Å²) in [5.74, 6) is 4.18. The molecular formula is C16H22S6. The van der Waals surface area contributed by atoms with Gasteiger partial charge in [-0.1, -0.05) is 62.5 Å². The maximum Gasteiger partial charge on any atom is 0.104 e. The molecule has 0 unspecified atom stereocenters. The standard InChI is InChI=1S/C16H22S6/c1-3-9-19-15(17)21-11-13-5-7-14(8-6-13)12-22-16(18)20-10-4-2/h5-8H,3-4,9-12H2,1-2H3. The summed E-state index contributed by atoms with van der Waals surface area (Å²) in [6.07, 6.45) is 2.35. The van der Waals surface area contributed by atoms with Crippen LogP contribution in [0.4, 0.5) is 0 Å². The van der Waals surface area contributed by atoms with Crippen LogP contribution in [0, 0.1) is 0 Å². The van der Waals surface area contributed by atoms with Gasteiger partial charge in [0.25, 0.3) is 0 Å². The van der Waals surface area contributed by atoms with Gasteiger partial charge in [-0.05, 0) is 35.5 Å². The summed E-state index contributed by atoms with van der Waals surface area (Å²) in [6, 6.07) is 8.83. The lowest BCUT2D eigenvalue weighted by Gasteiger charge is -2.06. The summed E-state index contributed by atoms with van der Waals surface area (Å²) in [6.45, 7) is 4.37. The van der Waals surface area contributed by atoms with Gasteiger partial charge in [0, 0.05) is 11.5 Å². The molecule has 0 saturated carbocycles. The van der Waals surface area contributed by atoms with Gasteiger partial charge >= 0.3 is 0 Å². The Bertz CT molecular complexity index is 411. The van der Waals surface area contributed by atoms with Gasteiger partial charge in [0.2, 0.25) is 0 Å². The first-order valence-electron chi connectivity index (χ1n) is 7.32. The van der Waals surface area contributed by atoms with E-state index in [1.54, 1.807) is 47.0 Å². The van der Waals surface area contributed by atoms with Crippen molar-refractivity contribution in [3.8, 4) is 0 Å². The molecule has 0 spiro atoms. The van der Waals surface area contributed by atoms with Crippen LogP contribution in [0.2, 0.25) is 0 Å². The van der Waals surface area contributed by atoms with Crippen molar-refractivity contribution in [3.05, 3.63) is 35.4 Å². The molecule has 22 heavy (non-hydrogen) atoms. The zero-order chi connectivity index (χ0) is 16.2. The van der Waals surface area contributed by atoms with Gasteiger partial charge in [-0.3, -0.25) is 0 Å². The number of benzene rings is 1. The molecule has 1 aromatic carbocycles. The number of hydrogen-bond acceptors (Lipinski definition) is 6. The Hall–Kier alpha value is 0.800. The fraction of sp³-hybridized carbons (Fsp3) is 0.500. The van der Waals surface area contributed by atoms with E-state index in [1.807, 2.05) is 0 Å². The Labute approximate surface area is 162 Å². The summed E-state index contributed by atoms with van der Waals surface area (Å²) in [5.41, 5.74) is 2.67. The molecular weight excluding hydrogens is 385 g/mol. The molecule has 0 aromatic heterocycles. The van der Waals surface area contributed by atoms with Crippen LogP contribution in [0.15, 0.2) is 24.3 Å². The van der Waals surface area contributed by atoms with Gasteiger partial charge in [-0.25, -0.2) is 0 Å². The molecule has 0 aliphatic carbocycles. The Morgan fingerprint density at radius 3 is 1.41 bits per heavy atom. The molecule has 0 nitrogen and oxygen atoms in total. The normalized spacial score (nSPS) is 10.6. The summed E-state index contributed by atoms with van der Waals surface area (Å²) in [7, 11) is 0. The van der Waals surface area contributed by atoms with Gasteiger partial charge in [0.05, 0.1) is 0 Å². The van der Waals surface area contributed by atoms with E-state index in [1.165, 1.54) is 24.0 Å². The van der Waals surface area contributed by atoms with Gasteiger partial charge in [-0.2, -0.15) is 0 Å². The van der Waals surface area contributed by atoms with Crippen molar-refractivity contribution >= 4 is 78.5 Å². The van der Waals surface area contributed by atoms with E-state index in [9.17, 15) is 0 Å². The van der Waals surface area contributed by atoms with Crippen LogP contribution in [0.3, 0.4) is 0 Å². The molecule has 1 rings (SSSR count). The van der Waals surface area contributed by atoms with Crippen LogP contribution in [0.1, 0.15) is 37.8 Å². The summed E-state index contributed by atoms with van der Waals surface area (Å²) < 4.78 is 2.11. The van der Waals surface area contributed by atoms with Crippen LogP contribution in [0.5, 0.6) is 0 Å². The molecule has 0 aliphatic heterocycles. The van der Waals surface area contributed by atoms with E-state index in [-0.39, 0.29) is 0 Å². The van der Waals surface area contributed by atoms with Crippen molar-refractivity contribution in [1.29, 1.82) is 0 Å². The van der Waals surface area contributed by atoms with Crippen LogP contribution < -0.4 is 0 Å². The highest BCUT2D eigenvalue weighted by atomic mass is 32.2. The monoisotopic (exact) mass is 406 g/mol. The molecule has 0 atom stereocenters. The van der Waals surface area contributed by atoms with Crippen LogP contribution in [-0.4, -0.2) is 18.6 Å². The lowest BCUT2D eigenvalue weighted by Crippen LogP contribution is -1.89. The van der Waals surface area contributed by atoms with Crippen molar-refractivity contribution in [1.82, 2.24) is 0 Å². The molecule has 122 valence electrons. The van der Waals surface area contributed by atoms with E-state index in [0.29, 0.717) is 0 Å². The maximum absolute atomic E-state index is 5.36. The molecule has 0 N–H and O–H groups in total. The largest absolute Gasteiger partial charge is 0.108 e. The smallest absolute Gasteiger partial charge is 0.104 e. The first-order valence-corrected chi connectivity index (χ1v) is 12.1. The quantitative estimate of drug-likeness (QED) is 0.423. The summed E-state index contributed by atoms with van der Waals surface area (Å²) >= 11 is 17.8. The third-order valence-electron chi connectivity index (χ3n) is 2.58. The van der Waals surface area contributed by atoms with E-state index < -0.39 is 0 Å². The predicted octanol–water partition coefficient (Wildman–Crippen LogP) is 7.01. The second kappa shape index (κ2) is 13.1. The molecule has 0 bridgehead atoms. The fourth-order valence-corrected chi connectivity index (χ4v) is 5.54. The van der Waals surface area contributed by atoms with Crippen molar-refractivity contribution in [2.75, 3.05) is 11.5 Å². The predicted molar refractivity (Wildman–Crippen MR) is 120 cm³/mol. The molecule has 0 fully saturated rings. The number of rotatable bonds is 8. The zero-order valence-corrected chi connectivity index (χ0v) is 17.9. The van der Waals surface area contributed by atoms with Gasteiger partial charge < -0.3 is 0 Å². The molecule has 1 aromatic rings. The van der Waals surface area contributed by atoms with Crippen LogP contribution in [-0.2, 0) is 11.5 Å². The average molecular weight is 407 g/mol. The Morgan fingerprint density at radius 2 is 1.09 bits per heavy atom. The van der Waals surface area contributed by atoms with Crippen molar-refractivity contribution in [2.45, 2.75) is 38.2 Å². The second-order valence-corrected chi connectivity index (χ2v) is 11.1. The van der Waals surface area contributed by atoms with Crippen molar-refractivity contribution in [2.24, 2.45) is 0 Å². The lowest BCUT2D eigenvalue weighted by molar-refractivity contribution is 1.11. The third kappa shape index (κ3) is 9.83. The van der Waals surface area contributed by atoms with Gasteiger partial charge in [0.15, 0.2) is 0 Å². The highest BCUT2D eigenvalue weighted by Crippen LogP contribution is 2.25. The SMILES string of the molecule is CCCSC(=S)SCc1ccc(CSC(=S)SCCC)cc1. The zero-order valence-electron chi connectivity index (χ0n) is 13.0. The van der Waals surface area contributed by atoms with E-state index >= 15 is 0 Å². The van der Waals surface area contributed by atoms with Crippen molar-refractivity contribution < 1.29 is 0 Å². The second-order valence-electron chi connectivity index (χ2n) is 4.59. The lowest BCUT2D eigenvalue weighted by atomic mass is 10.2. The highest BCUT2D eigenvalue weighted by Gasteiger charge is 2.02. The fourth-order valence-electron chi connectivity index (χ4n) is 1.47. The van der Waals surface area contributed by atoms with E-state index in [2.05, 4.69) is 38.1 Å². The van der Waals surface area contributed by atoms with Crippen LogP contribution in [0.25, 0.3) is 0 Å². The summed E-state index contributed by atoms with van der Waals surface area (Å²) in [5, 5.41) is 0. The number of thiocarbonyl (C=S) groups is 2. The Kier molecular flexibility index (Phi) is 12.4. The molecule has 6 heteroatoms. The molecule has 0 aliphatic rings. The number of hydrogen-bond donors (Lipinski definition) is 0. The first-order chi connectivity index (χ1) is 10.7. The van der Waals surface area contributed by atoms with E-state index in [0.717, 1.165) is 30.1 Å². The minimum Gasteiger partial charge on any atom is -0.108 e. The average Bonchev–Trinajstić information content (AvgIpc) is 2.55. The molecule has 0 amide bonds. The minimum absolute atomic E-state index is 0.966. The molecule has 0 saturated heterocycles. The Morgan fingerprint density at radius 1 is 0.727 bits per heavy atom. The van der Waals surface area contributed by atoms with Crippen molar-refractivity contribution in [3.63, 3.8) is 0 Å². The topological polar surface area (TPSA) is 0 Å². The van der Waals surface area contributed by atoms with Gasteiger partial charge in [0.1, 0.15) is 7.06 Å².